The summed E-state index contributed by atoms with van der Waals surface area (Å²) in [5.41, 5.74) is 2.17. The van der Waals surface area contributed by atoms with Crippen molar-refractivity contribution in [1.82, 2.24) is 9.88 Å². The van der Waals surface area contributed by atoms with Crippen LogP contribution in [0.3, 0.4) is 0 Å². The maximum Gasteiger partial charge on any atom is 0.241 e. The van der Waals surface area contributed by atoms with Crippen LogP contribution in [-0.4, -0.2) is 46.6 Å². The third kappa shape index (κ3) is 5.30. The molecule has 0 spiro atoms. The summed E-state index contributed by atoms with van der Waals surface area (Å²) in [5.74, 6) is 0.186. The fraction of sp³-hybridized carbons (Fsp3) is 0.391. The molecule has 1 aliphatic heterocycles. The fourth-order valence-corrected chi connectivity index (χ4v) is 3.61. The molecule has 1 aromatic heterocycles. The maximum atomic E-state index is 12.7. The Morgan fingerprint density at radius 1 is 1.13 bits per heavy atom. The van der Waals surface area contributed by atoms with E-state index in [1.165, 1.54) is 6.92 Å². The van der Waals surface area contributed by atoms with Crippen LogP contribution >= 0.6 is 0 Å². The number of amides is 2. The summed E-state index contributed by atoms with van der Waals surface area (Å²) >= 11 is 0. The Morgan fingerprint density at radius 2 is 1.87 bits per heavy atom. The molecule has 2 N–H and O–H groups in total. The van der Waals surface area contributed by atoms with Gasteiger partial charge in [-0.05, 0) is 76.1 Å². The van der Waals surface area contributed by atoms with Crippen LogP contribution in [0.15, 0.2) is 42.6 Å². The number of carbonyl (C=O) groups is 3. The summed E-state index contributed by atoms with van der Waals surface area (Å²) in [5, 5.41) is 5.81. The molecule has 0 saturated carbocycles. The van der Waals surface area contributed by atoms with E-state index in [1.807, 2.05) is 30.9 Å². The smallest absolute Gasteiger partial charge is 0.241 e. The van der Waals surface area contributed by atoms with Gasteiger partial charge < -0.3 is 10.6 Å². The number of aryl methyl sites for hydroxylation is 1. The van der Waals surface area contributed by atoms with E-state index in [1.54, 1.807) is 30.5 Å². The van der Waals surface area contributed by atoms with Crippen molar-refractivity contribution in [2.45, 2.75) is 39.7 Å². The first kappa shape index (κ1) is 21.6. The van der Waals surface area contributed by atoms with Crippen molar-refractivity contribution in [2.75, 3.05) is 23.7 Å². The third-order valence-corrected chi connectivity index (χ3v) is 5.56. The number of likely N-dealkylation sites (tertiary alicyclic amines) is 1. The van der Waals surface area contributed by atoms with Crippen molar-refractivity contribution in [3.05, 3.63) is 53.7 Å². The lowest BCUT2D eigenvalue weighted by molar-refractivity contribution is -0.125. The molecule has 2 amide bonds. The highest BCUT2D eigenvalue weighted by Crippen LogP contribution is 2.22. The molecule has 0 radical (unpaired) electrons. The topological polar surface area (TPSA) is 91.4 Å². The van der Waals surface area contributed by atoms with E-state index in [0.717, 1.165) is 24.9 Å². The molecule has 2 atom stereocenters. The quantitative estimate of drug-likeness (QED) is 0.716. The van der Waals surface area contributed by atoms with Gasteiger partial charge in [-0.1, -0.05) is 6.07 Å². The van der Waals surface area contributed by atoms with Crippen molar-refractivity contribution in [3.63, 3.8) is 0 Å². The highest BCUT2D eigenvalue weighted by Gasteiger charge is 2.31. The fourth-order valence-electron chi connectivity index (χ4n) is 3.61. The van der Waals surface area contributed by atoms with Gasteiger partial charge in [0.05, 0.1) is 12.0 Å². The highest BCUT2D eigenvalue weighted by atomic mass is 16.2. The van der Waals surface area contributed by atoms with Crippen LogP contribution in [0.2, 0.25) is 0 Å². The van der Waals surface area contributed by atoms with E-state index >= 15 is 0 Å². The summed E-state index contributed by atoms with van der Waals surface area (Å²) in [6.07, 6.45) is 3.30. The minimum absolute atomic E-state index is 0.0141. The number of Topliss-reactive ketones (excluding diaryl/α,β-unsaturated/α-hetero) is 1. The molecule has 1 fully saturated rings. The Balaban J connectivity index is 1.58. The molecule has 7 heteroatoms. The zero-order chi connectivity index (χ0) is 21.7. The van der Waals surface area contributed by atoms with Crippen LogP contribution in [0.5, 0.6) is 0 Å². The van der Waals surface area contributed by atoms with Gasteiger partial charge in [0.25, 0.3) is 0 Å². The van der Waals surface area contributed by atoms with Gasteiger partial charge in [0, 0.05) is 24.0 Å². The number of aromatic nitrogens is 1. The van der Waals surface area contributed by atoms with Crippen LogP contribution in [-0.2, 0) is 9.59 Å². The summed E-state index contributed by atoms with van der Waals surface area (Å²) in [6.45, 7) is 6.56. The number of nitrogens with zero attached hydrogens (tertiary/aromatic N) is 2. The number of benzene rings is 1. The van der Waals surface area contributed by atoms with Crippen LogP contribution in [0.1, 0.15) is 42.6 Å². The van der Waals surface area contributed by atoms with Gasteiger partial charge in [-0.2, -0.15) is 0 Å². The first-order valence-corrected chi connectivity index (χ1v) is 10.2. The van der Waals surface area contributed by atoms with Gasteiger partial charge in [-0.25, -0.2) is 4.98 Å². The molecule has 0 bridgehead atoms. The lowest BCUT2D eigenvalue weighted by atomic mass is 9.95. The second-order valence-corrected chi connectivity index (χ2v) is 7.79. The molecule has 0 unspecified atom stereocenters. The Labute approximate surface area is 176 Å². The molecule has 2 aromatic rings. The molecule has 3 rings (SSSR count). The third-order valence-electron chi connectivity index (χ3n) is 5.56. The van der Waals surface area contributed by atoms with Crippen LogP contribution < -0.4 is 10.6 Å². The number of carbonyl (C=O) groups excluding carboxylic acids is 3. The minimum atomic E-state index is -0.371. The largest absolute Gasteiger partial charge is 0.325 e. The van der Waals surface area contributed by atoms with Gasteiger partial charge in [-0.15, -0.1) is 0 Å². The molecule has 0 aliphatic carbocycles. The van der Waals surface area contributed by atoms with Crippen molar-refractivity contribution in [1.29, 1.82) is 0 Å². The van der Waals surface area contributed by atoms with E-state index in [0.29, 0.717) is 23.6 Å². The number of hydrogen-bond acceptors (Lipinski definition) is 5. The molecule has 1 aromatic carbocycles. The molecule has 1 aliphatic rings. The van der Waals surface area contributed by atoms with Crippen molar-refractivity contribution >= 4 is 29.1 Å². The van der Waals surface area contributed by atoms with E-state index in [9.17, 15) is 14.4 Å². The monoisotopic (exact) mass is 408 g/mol. The standard InChI is InChI=1S/C23H28N4O3/c1-15-6-4-12-24-21(15)26-23(30)19-7-5-13-27(14-19)16(2)22(29)25-20-10-8-18(9-11-20)17(3)28/h4,6,8-12,16,19H,5,7,13-14H2,1-3H3,(H,25,29)(H,24,26,30)/t16-,19+/m1/s1. The Bertz CT molecular complexity index is 926. The maximum absolute atomic E-state index is 12.7. The lowest BCUT2D eigenvalue weighted by Gasteiger charge is -2.35. The molecule has 7 nitrogen and oxygen atoms in total. The minimum Gasteiger partial charge on any atom is -0.325 e. The number of anilines is 2. The van der Waals surface area contributed by atoms with E-state index in [4.69, 9.17) is 0 Å². The number of hydrogen-bond donors (Lipinski definition) is 2. The second-order valence-electron chi connectivity index (χ2n) is 7.79. The van der Waals surface area contributed by atoms with E-state index in [-0.39, 0.29) is 29.6 Å². The zero-order valence-corrected chi connectivity index (χ0v) is 17.6. The van der Waals surface area contributed by atoms with Gasteiger partial charge in [0.2, 0.25) is 11.8 Å². The molecule has 2 heterocycles. The molecule has 1 saturated heterocycles. The van der Waals surface area contributed by atoms with Crippen LogP contribution in [0, 0.1) is 12.8 Å². The van der Waals surface area contributed by atoms with Crippen LogP contribution in [0.4, 0.5) is 11.5 Å². The van der Waals surface area contributed by atoms with Crippen molar-refractivity contribution in [3.8, 4) is 0 Å². The normalized spacial score (nSPS) is 17.8. The number of ketones is 1. The summed E-state index contributed by atoms with van der Waals surface area (Å²) in [7, 11) is 0. The molecule has 30 heavy (non-hydrogen) atoms. The molecule has 158 valence electrons. The Morgan fingerprint density at radius 3 is 2.53 bits per heavy atom. The van der Waals surface area contributed by atoms with E-state index in [2.05, 4.69) is 15.6 Å². The lowest BCUT2D eigenvalue weighted by Crippen LogP contribution is -2.49. The average molecular weight is 409 g/mol. The number of rotatable bonds is 6. The summed E-state index contributed by atoms with van der Waals surface area (Å²) < 4.78 is 0. The van der Waals surface area contributed by atoms with Gasteiger partial charge in [-0.3, -0.25) is 19.3 Å². The Hall–Kier alpha value is -3.06. The molecular formula is C23H28N4O3. The van der Waals surface area contributed by atoms with E-state index < -0.39 is 0 Å². The average Bonchev–Trinajstić information content (AvgIpc) is 2.75. The Kier molecular flexibility index (Phi) is 6.95. The van der Waals surface area contributed by atoms with Crippen LogP contribution in [0.25, 0.3) is 0 Å². The second kappa shape index (κ2) is 9.63. The highest BCUT2D eigenvalue weighted by molar-refractivity contribution is 5.97. The number of pyridine rings is 1. The predicted molar refractivity (Wildman–Crippen MR) is 116 cm³/mol. The number of piperidine rings is 1. The van der Waals surface area contributed by atoms with Crippen molar-refractivity contribution < 1.29 is 14.4 Å². The zero-order valence-electron chi connectivity index (χ0n) is 17.6. The first-order valence-electron chi connectivity index (χ1n) is 10.2. The van der Waals surface area contributed by atoms with Crippen molar-refractivity contribution in [2.24, 2.45) is 5.92 Å². The predicted octanol–water partition coefficient (Wildman–Crippen LogP) is 3.27. The number of nitrogens with one attached hydrogen (secondary N) is 2. The first-order chi connectivity index (χ1) is 14.3. The molecular weight excluding hydrogens is 380 g/mol. The summed E-state index contributed by atoms with van der Waals surface area (Å²) in [4.78, 5) is 43.1. The van der Waals surface area contributed by atoms with Gasteiger partial charge in [0.15, 0.2) is 5.78 Å². The van der Waals surface area contributed by atoms with Gasteiger partial charge >= 0.3 is 0 Å². The van der Waals surface area contributed by atoms with Gasteiger partial charge in [0.1, 0.15) is 5.82 Å². The summed E-state index contributed by atoms with van der Waals surface area (Å²) in [6, 6.07) is 10.2. The SMILES string of the molecule is CC(=O)c1ccc(NC(=O)[C@@H](C)N2CCC[C@H](C(=O)Nc3ncccc3C)C2)cc1.